The highest BCUT2D eigenvalue weighted by Gasteiger charge is 2.21. The molecule has 1 aliphatic rings. The predicted octanol–water partition coefficient (Wildman–Crippen LogP) is 4.12. The number of hydrogen-bond acceptors (Lipinski definition) is 3. The van der Waals surface area contributed by atoms with Gasteiger partial charge in [0.15, 0.2) is 0 Å². The first kappa shape index (κ1) is 11.9. The van der Waals surface area contributed by atoms with Gasteiger partial charge in [0, 0.05) is 0 Å². The molecule has 1 aromatic rings. The molecule has 0 spiro atoms. The van der Waals surface area contributed by atoms with Crippen molar-refractivity contribution in [3.8, 4) is 0 Å². The highest BCUT2D eigenvalue weighted by Crippen LogP contribution is 2.29. The molecular formula is C10H5Cl2NOS2. The number of nitrogens with one attached hydrogen (secondary N) is 1. The minimum Gasteiger partial charge on any atom is -0.307 e. The number of halogens is 2. The molecule has 0 radical (unpaired) electrons. The summed E-state index contributed by atoms with van der Waals surface area (Å²) in [7, 11) is 0. The molecule has 6 heteroatoms. The Labute approximate surface area is 112 Å². The predicted molar refractivity (Wildman–Crippen MR) is 73.2 cm³/mol. The first-order valence-electron chi connectivity index (χ1n) is 4.26. The number of rotatable bonds is 1. The van der Waals surface area contributed by atoms with Gasteiger partial charge in [-0.25, -0.2) is 0 Å². The van der Waals surface area contributed by atoms with Gasteiger partial charge in [-0.05, 0) is 35.5 Å². The fraction of sp³-hybridized carbons (Fsp3) is 0. The summed E-state index contributed by atoms with van der Waals surface area (Å²) in [6.07, 6.45) is 1.80. The third kappa shape index (κ3) is 2.58. The third-order valence-electron chi connectivity index (χ3n) is 1.88. The second kappa shape index (κ2) is 4.75. The molecule has 1 heterocycles. The summed E-state index contributed by atoms with van der Waals surface area (Å²) in [5.74, 6) is 0. The van der Waals surface area contributed by atoms with Crippen molar-refractivity contribution in [3.63, 3.8) is 0 Å². The molecule has 1 amide bonds. The molecule has 1 fully saturated rings. The van der Waals surface area contributed by atoms with Gasteiger partial charge in [-0.15, -0.1) is 0 Å². The van der Waals surface area contributed by atoms with Crippen LogP contribution in [0.2, 0.25) is 10.0 Å². The van der Waals surface area contributed by atoms with Crippen molar-refractivity contribution in [1.82, 2.24) is 5.32 Å². The maximum Gasteiger partial charge on any atom is 0.289 e. The third-order valence-corrected chi connectivity index (χ3v) is 3.90. The van der Waals surface area contributed by atoms with Crippen LogP contribution in [0.5, 0.6) is 0 Å². The van der Waals surface area contributed by atoms with Crippen molar-refractivity contribution in [2.45, 2.75) is 0 Å². The number of hydrogen-bond donors (Lipinski definition) is 1. The Morgan fingerprint density at radius 1 is 1.31 bits per heavy atom. The van der Waals surface area contributed by atoms with Crippen molar-refractivity contribution in [1.29, 1.82) is 0 Å². The minimum absolute atomic E-state index is 0.156. The Balaban J connectivity index is 2.32. The van der Waals surface area contributed by atoms with E-state index in [1.54, 1.807) is 18.2 Å². The molecule has 1 aromatic carbocycles. The van der Waals surface area contributed by atoms with Crippen LogP contribution in [0.15, 0.2) is 23.1 Å². The van der Waals surface area contributed by atoms with Gasteiger partial charge in [-0.1, -0.05) is 41.5 Å². The molecule has 0 atom stereocenters. The van der Waals surface area contributed by atoms with Crippen molar-refractivity contribution in [2.75, 3.05) is 0 Å². The number of thiocarbonyl (C=S) groups is 1. The van der Waals surface area contributed by atoms with Crippen LogP contribution < -0.4 is 5.32 Å². The molecule has 0 aliphatic carbocycles. The van der Waals surface area contributed by atoms with Crippen molar-refractivity contribution in [2.24, 2.45) is 0 Å². The Bertz CT molecular complexity index is 514. The lowest BCUT2D eigenvalue weighted by Gasteiger charge is -1.99. The molecule has 16 heavy (non-hydrogen) atoms. The van der Waals surface area contributed by atoms with Gasteiger partial charge in [-0.3, -0.25) is 4.79 Å². The second-order valence-corrected chi connectivity index (χ2v) is 5.26. The van der Waals surface area contributed by atoms with Crippen LogP contribution in [-0.2, 0) is 0 Å². The van der Waals surface area contributed by atoms with Crippen LogP contribution in [0.25, 0.3) is 6.08 Å². The lowest BCUT2D eigenvalue weighted by molar-refractivity contribution is 0.265. The van der Waals surface area contributed by atoms with E-state index in [2.05, 4.69) is 5.32 Å². The van der Waals surface area contributed by atoms with Gasteiger partial charge in [0.25, 0.3) is 5.24 Å². The zero-order chi connectivity index (χ0) is 11.7. The summed E-state index contributed by atoms with van der Waals surface area (Å²) in [6.45, 7) is 0. The monoisotopic (exact) mass is 289 g/mol. The summed E-state index contributed by atoms with van der Waals surface area (Å²) in [6, 6.07) is 5.24. The van der Waals surface area contributed by atoms with Crippen molar-refractivity contribution < 1.29 is 4.79 Å². The molecule has 0 bridgehead atoms. The van der Waals surface area contributed by atoms with Crippen molar-refractivity contribution in [3.05, 3.63) is 38.7 Å². The average Bonchev–Trinajstić information content (AvgIpc) is 2.51. The maximum absolute atomic E-state index is 11.1. The summed E-state index contributed by atoms with van der Waals surface area (Å²) in [5, 5.41) is 3.36. The number of amides is 1. The maximum atomic E-state index is 11.1. The SMILES string of the molecule is O=C1NC(=S)/C(=C\c2ccc(Cl)c(Cl)c2)S1. The van der Waals surface area contributed by atoms with E-state index in [4.69, 9.17) is 35.4 Å². The number of carbonyl (C=O) groups is 1. The standard InChI is InChI=1S/C10H5Cl2NOS2/c11-6-2-1-5(3-7(6)12)4-8-9(15)13-10(14)16-8/h1-4H,(H,13,14,15)/b8-4+. The smallest absolute Gasteiger partial charge is 0.289 e. The largest absolute Gasteiger partial charge is 0.307 e. The molecule has 82 valence electrons. The molecule has 2 rings (SSSR count). The summed E-state index contributed by atoms with van der Waals surface area (Å²) in [5.41, 5.74) is 0.857. The van der Waals surface area contributed by atoms with E-state index in [1.165, 1.54) is 0 Å². The Morgan fingerprint density at radius 2 is 2.06 bits per heavy atom. The first-order chi connectivity index (χ1) is 7.56. The van der Waals surface area contributed by atoms with Crippen LogP contribution in [0, 0.1) is 0 Å². The number of carbonyl (C=O) groups excluding carboxylic acids is 1. The molecule has 2 nitrogen and oxygen atoms in total. The van der Waals surface area contributed by atoms with E-state index in [-0.39, 0.29) is 5.24 Å². The zero-order valence-electron chi connectivity index (χ0n) is 7.79. The van der Waals surface area contributed by atoms with E-state index in [9.17, 15) is 4.79 Å². The van der Waals surface area contributed by atoms with Crippen LogP contribution >= 0.6 is 47.2 Å². The topological polar surface area (TPSA) is 29.1 Å². The molecule has 1 N–H and O–H groups in total. The fourth-order valence-electron chi connectivity index (χ4n) is 1.17. The Hall–Kier alpha value is -0.550. The van der Waals surface area contributed by atoms with Gasteiger partial charge in [0.1, 0.15) is 4.99 Å². The zero-order valence-corrected chi connectivity index (χ0v) is 10.9. The first-order valence-corrected chi connectivity index (χ1v) is 6.24. The van der Waals surface area contributed by atoms with E-state index < -0.39 is 0 Å². The highest BCUT2D eigenvalue weighted by molar-refractivity contribution is 8.19. The quantitative estimate of drug-likeness (QED) is 0.623. The van der Waals surface area contributed by atoms with E-state index >= 15 is 0 Å². The molecule has 0 aromatic heterocycles. The van der Waals surface area contributed by atoms with Crippen LogP contribution in [0.1, 0.15) is 5.56 Å². The van der Waals surface area contributed by atoms with E-state index in [1.807, 2.05) is 6.07 Å². The molecule has 0 unspecified atom stereocenters. The summed E-state index contributed by atoms with van der Waals surface area (Å²) < 4.78 is 0. The van der Waals surface area contributed by atoms with Gasteiger partial charge in [0.05, 0.1) is 15.0 Å². The van der Waals surface area contributed by atoms with E-state index in [0.717, 1.165) is 22.2 Å². The van der Waals surface area contributed by atoms with Crippen LogP contribution in [-0.4, -0.2) is 10.2 Å². The van der Waals surface area contributed by atoms with Gasteiger partial charge < -0.3 is 5.32 Å². The molecule has 1 saturated heterocycles. The van der Waals surface area contributed by atoms with Crippen LogP contribution in [0.4, 0.5) is 4.79 Å². The fourth-order valence-corrected chi connectivity index (χ4v) is 2.51. The molecule has 0 saturated carbocycles. The number of benzene rings is 1. The van der Waals surface area contributed by atoms with E-state index in [0.29, 0.717) is 15.0 Å². The van der Waals surface area contributed by atoms with Crippen LogP contribution in [0.3, 0.4) is 0 Å². The lowest BCUT2D eigenvalue weighted by atomic mass is 10.2. The minimum atomic E-state index is -0.156. The highest BCUT2D eigenvalue weighted by atomic mass is 35.5. The lowest BCUT2D eigenvalue weighted by Crippen LogP contribution is -2.15. The summed E-state index contributed by atoms with van der Waals surface area (Å²) in [4.78, 5) is 12.2. The number of thioether (sulfide) groups is 1. The average molecular weight is 290 g/mol. The second-order valence-electron chi connectivity index (χ2n) is 3.03. The van der Waals surface area contributed by atoms with Crippen molar-refractivity contribution >= 4 is 63.5 Å². The van der Waals surface area contributed by atoms with Gasteiger partial charge in [0.2, 0.25) is 0 Å². The Morgan fingerprint density at radius 3 is 2.62 bits per heavy atom. The van der Waals surface area contributed by atoms with Gasteiger partial charge >= 0.3 is 0 Å². The van der Waals surface area contributed by atoms with Gasteiger partial charge in [-0.2, -0.15) is 0 Å². The summed E-state index contributed by atoms with van der Waals surface area (Å²) >= 11 is 17.7. The normalized spacial score (nSPS) is 18.0. The molecule has 1 aliphatic heterocycles. The Kier molecular flexibility index (Phi) is 3.54. The molecular weight excluding hydrogens is 285 g/mol.